The van der Waals surface area contributed by atoms with Crippen molar-refractivity contribution in [3.8, 4) is 0 Å². The van der Waals surface area contributed by atoms with Gasteiger partial charge in [0.15, 0.2) is 6.61 Å². The van der Waals surface area contributed by atoms with E-state index in [0.717, 1.165) is 17.7 Å². The molecule has 0 aliphatic carbocycles. The first-order chi connectivity index (χ1) is 13.1. The molecule has 0 bridgehead atoms. The number of amides is 1. The molecular weight excluding hydrogens is 346 g/mol. The van der Waals surface area contributed by atoms with Gasteiger partial charge in [-0.05, 0) is 24.1 Å². The first-order valence-electron chi connectivity index (χ1n) is 8.63. The van der Waals surface area contributed by atoms with E-state index in [1.165, 1.54) is 0 Å². The molecule has 1 N–H and O–H groups in total. The quantitative estimate of drug-likeness (QED) is 0.711. The normalized spacial score (nSPS) is 12.8. The Hall–Kier alpha value is -3.48. The molecule has 1 aliphatic rings. The van der Waals surface area contributed by atoms with Crippen LogP contribution in [0.5, 0.6) is 0 Å². The molecule has 27 heavy (non-hydrogen) atoms. The van der Waals surface area contributed by atoms with Crippen molar-refractivity contribution in [3.63, 3.8) is 0 Å². The molecule has 136 valence electrons. The van der Waals surface area contributed by atoms with Crippen LogP contribution in [0.1, 0.15) is 11.3 Å². The smallest absolute Gasteiger partial charge is 0.312 e. The van der Waals surface area contributed by atoms with Gasteiger partial charge in [0, 0.05) is 17.6 Å². The Morgan fingerprint density at radius 1 is 1.07 bits per heavy atom. The molecule has 3 aromatic rings. The van der Waals surface area contributed by atoms with Crippen molar-refractivity contribution in [3.05, 3.63) is 70.1 Å². The number of hydrogen-bond acceptors (Lipinski definition) is 5. The third-order valence-corrected chi connectivity index (χ3v) is 4.63. The van der Waals surface area contributed by atoms with Gasteiger partial charge in [0.05, 0.1) is 17.5 Å². The maximum Gasteiger partial charge on any atom is 0.312 e. The fourth-order valence-corrected chi connectivity index (χ4v) is 3.31. The third-order valence-electron chi connectivity index (χ3n) is 4.63. The van der Waals surface area contributed by atoms with Crippen LogP contribution in [0.2, 0.25) is 0 Å². The van der Waals surface area contributed by atoms with Crippen molar-refractivity contribution in [1.82, 2.24) is 10.2 Å². The van der Waals surface area contributed by atoms with E-state index in [4.69, 9.17) is 4.74 Å². The summed E-state index contributed by atoms with van der Waals surface area (Å²) in [4.78, 5) is 38.0. The molecule has 2 heterocycles. The molecule has 0 saturated carbocycles. The predicted molar refractivity (Wildman–Crippen MR) is 99.5 cm³/mol. The van der Waals surface area contributed by atoms with E-state index in [-0.39, 0.29) is 24.5 Å². The lowest BCUT2D eigenvalue weighted by Crippen LogP contribution is -2.33. The molecule has 0 fully saturated rings. The van der Waals surface area contributed by atoms with Gasteiger partial charge in [-0.2, -0.15) is 5.10 Å². The summed E-state index contributed by atoms with van der Waals surface area (Å²) in [7, 11) is 0. The van der Waals surface area contributed by atoms with Crippen molar-refractivity contribution in [2.75, 3.05) is 18.1 Å². The van der Waals surface area contributed by atoms with Crippen molar-refractivity contribution < 1.29 is 14.3 Å². The molecule has 1 aromatic heterocycles. The van der Waals surface area contributed by atoms with Crippen LogP contribution in [0, 0.1) is 0 Å². The average molecular weight is 363 g/mol. The lowest BCUT2D eigenvalue weighted by Gasteiger charge is -2.17. The topological polar surface area (TPSA) is 92.4 Å². The maximum atomic E-state index is 12.4. The number of ether oxygens (including phenoxy) is 1. The Kier molecular flexibility index (Phi) is 4.42. The fraction of sp³-hybridized carbons (Fsp3) is 0.200. The molecule has 1 amide bonds. The van der Waals surface area contributed by atoms with Crippen LogP contribution < -0.4 is 10.5 Å². The molecule has 0 saturated heterocycles. The number of nitrogens with one attached hydrogen (secondary N) is 1. The van der Waals surface area contributed by atoms with Crippen LogP contribution in [0.15, 0.2) is 53.3 Å². The zero-order valence-electron chi connectivity index (χ0n) is 14.5. The number of para-hydroxylation sites is 1. The number of anilines is 1. The van der Waals surface area contributed by atoms with E-state index in [1.807, 2.05) is 24.3 Å². The number of carbonyl (C=O) groups is 2. The Labute approximate surface area is 154 Å². The van der Waals surface area contributed by atoms with Crippen LogP contribution in [0.4, 0.5) is 5.69 Å². The van der Waals surface area contributed by atoms with Gasteiger partial charge >= 0.3 is 5.97 Å². The van der Waals surface area contributed by atoms with E-state index in [9.17, 15) is 14.4 Å². The Bertz CT molecular complexity index is 1090. The van der Waals surface area contributed by atoms with Crippen molar-refractivity contribution in [1.29, 1.82) is 0 Å². The molecule has 1 aliphatic heterocycles. The minimum atomic E-state index is -0.569. The van der Waals surface area contributed by atoms with Crippen LogP contribution in [-0.4, -0.2) is 35.2 Å². The standard InChI is InChI=1S/C20H17N3O4/c24-18(23-10-9-13-5-1-4-8-17(13)23)12-27-19(25)11-16-14-6-2-3-7-15(14)20(26)22-21-16/h1-8H,9-12H2,(H,22,26). The zero-order valence-corrected chi connectivity index (χ0v) is 14.5. The van der Waals surface area contributed by atoms with E-state index >= 15 is 0 Å². The number of hydrogen-bond donors (Lipinski definition) is 1. The maximum absolute atomic E-state index is 12.4. The van der Waals surface area contributed by atoms with Gasteiger partial charge in [-0.25, -0.2) is 5.10 Å². The molecule has 0 spiro atoms. The molecule has 2 aromatic carbocycles. The first kappa shape index (κ1) is 17.0. The second-order valence-electron chi connectivity index (χ2n) is 6.31. The summed E-state index contributed by atoms with van der Waals surface area (Å²) < 4.78 is 5.15. The van der Waals surface area contributed by atoms with Crippen molar-refractivity contribution >= 4 is 28.3 Å². The Morgan fingerprint density at radius 3 is 2.67 bits per heavy atom. The molecule has 7 nitrogen and oxygen atoms in total. The Morgan fingerprint density at radius 2 is 1.81 bits per heavy atom. The van der Waals surface area contributed by atoms with Crippen LogP contribution in [0.3, 0.4) is 0 Å². The SMILES string of the molecule is O=C(Cc1n[nH]c(=O)c2ccccc12)OCC(=O)N1CCc2ccccc21. The van der Waals surface area contributed by atoms with Gasteiger partial charge in [-0.15, -0.1) is 0 Å². The third kappa shape index (κ3) is 3.31. The molecule has 4 rings (SSSR count). The van der Waals surface area contributed by atoms with Crippen molar-refractivity contribution in [2.45, 2.75) is 12.8 Å². The molecule has 0 radical (unpaired) electrons. The monoisotopic (exact) mass is 363 g/mol. The highest BCUT2D eigenvalue weighted by molar-refractivity contribution is 5.97. The van der Waals surface area contributed by atoms with E-state index in [0.29, 0.717) is 23.0 Å². The second kappa shape index (κ2) is 7.03. The van der Waals surface area contributed by atoms with Crippen LogP contribution >= 0.6 is 0 Å². The number of benzene rings is 2. The van der Waals surface area contributed by atoms with Crippen LogP contribution in [0.25, 0.3) is 10.8 Å². The minimum absolute atomic E-state index is 0.124. The minimum Gasteiger partial charge on any atom is -0.455 e. The fourth-order valence-electron chi connectivity index (χ4n) is 3.31. The van der Waals surface area contributed by atoms with Crippen LogP contribution in [-0.2, 0) is 27.2 Å². The van der Waals surface area contributed by atoms with Gasteiger partial charge in [0.1, 0.15) is 0 Å². The first-order valence-corrected chi connectivity index (χ1v) is 8.63. The van der Waals surface area contributed by atoms with Crippen molar-refractivity contribution in [2.24, 2.45) is 0 Å². The summed E-state index contributed by atoms with van der Waals surface area (Å²) in [6.45, 7) is 0.260. The van der Waals surface area contributed by atoms with E-state index in [2.05, 4.69) is 10.2 Å². The predicted octanol–water partition coefficient (Wildman–Crippen LogP) is 1.60. The summed E-state index contributed by atoms with van der Waals surface area (Å²) in [5.74, 6) is -0.826. The number of nitrogens with zero attached hydrogens (tertiary/aromatic N) is 2. The molecular formula is C20H17N3O4. The zero-order chi connectivity index (χ0) is 18.8. The number of esters is 1. The largest absolute Gasteiger partial charge is 0.455 e. The number of aromatic amines is 1. The highest BCUT2D eigenvalue weighted by Gasteiger charge is 2.25. The van der Waals surface area contributed by atoms with Gasteiger partial charge in [0.2, 0.25) is 0 Å². The lowest BCUT2D eigenvalue weighted by atomic mass is 10.1. The summed E-state index contributed by atoms with van der Waals surface area (Å²) >= 11 is 0. The Balaban J connectivity index is 1.42. The highest BCUT2D eigenvalue weighted by atomic mass is 16.5. The molecule has 0 atom stereocenters. The molecule has 0 unspecified atom stereocenters. The van der Waals surface area contributed by atoms with E-state index in [1.54, 1.807) is 29.2 Å². The van der Waals surface area contributed by atoms with Gasteiger partial charge in [-0.1, -0.05) is 36.4 Å². The van der Waals surface area contributed by atoms with Gasteiger partial charge in [0.25, 0.3) is 11.5 Å². The van der Waals surface area contributed by atoms with Gasteiger partial charge < -0.3 is 9.64 Å². The number of fused-ring (bicyclic) bond motifs is 2. The van der Waals surface area contributed by atoms with Gasteiger partial charge in [-0.3, -0.25) is 14.4 Å². The highest BCUT2D eigenvalue weighted by Crippen LogP contribution is 2.27. The number of carbonyl (C=O) groups excluding carboxylic acids is 2. The summed E-state index contributed by atoms with van der Waals surface area (Å²) in [5, 5.41) is 7.38. The second-order valence-corrected chi connectivity index (χ2v) is 6.31. The summed E-state index contributed by atoms with van der Waals surface area (Å²) in [5.41, 5.74) is 2.08. The van der Waals surface area contributed by atoms with E-state index < -0.39 is 5.97 Å². The lowest BCUT2D eigenvalue weighted by molar-refractivity contribution is -0.147. The summed E-state index contributed by atoms with van der Waals surface area (Å²) in [6.07, 6.45) is 0.671. The number of aromatic nitrogens is 2. The summed E-state index contributed by atoms with van der Waals surface area (Å²) in [6, 6.07) is 14.6. The average Bonchev–Trinajstić information content (AvgIpc) is 3.13. The number of rotatable bonds is 4. The number of H-pyrrole nitrogens is 1. The molecule has 7 heteroatoms.